The summed E-state index contributed by atoms with van der Waals surface area (Å²) in [6.45, 7) is 6.54. The number of nitrogens with one attached hydrogen (secondary N) is 1. The number of aromatic nitrogens is 1. The van der Waals surface area contributed by atoms with Crippen molar-refractivity contribution in [3.05, 3.63) is 24.5 Å². The number of pyridine rings is 1. The normalized spacial score (nSPS) is 20.8. The molecule has 21 heavy (non-hydrogen) atoms. The molecule has 0 radical (unpaired) electrons. The van der Waals surface area contributed by atoms with Crippen LogP contribution in [0.2, 0.25) is 0 Å². The molecule has 1 aliphatic rings. The number of hydrogen-bond acceptors (Lipinski definition) is 4. The van der Waals surface area contributed by atoms with Gasteiger partial charge in [-0.2, -0.15) is 4.31 Å². The molecule has 6 heteroatoms. The van der Waals surface area contributed by atoms with E-state index in [2.05, 4.69) is 24.1 Å². The van der Waals surface area contributed by atoms with Crippen molar-refractivity contribution in [3.63, 3.8) is 0 Å². The molecule has 0 saturated carbocycles. The highest BCUT2D eigenvalue weighted by Crippen LogP contribution is 2.24. The fourth-order valence-corrected chi connectivity index (χ4v) is 4.33. The van der Waals surface area contributed by atoms with Crippen molar-refractivity contribution in [3.8, 4) is 0 Å². The first-order chi connectivity index (χ1) is 10.0. The van der Waals surface area contributed by atoms with Crippen molar-refractivity contribution >= 4 is 10.0 Å². The Morgan fingerprint density at radius 3 is 2.90 bits per heavy atom. The second kappa shape index (κ2) is 7.33. The molecule has 2 rings (SSSR count). The fourth-order valence-electron chi connectivity index (χ4n) is 2.67. The van der Waals surface area contributed by atoms with E-state index in [-0.39, 0.29) is 6.04 Å². The molecule has 1 aromatic rings. The minimum atomic E-state index is -3.43. The molecule has 118 valence electrons. The average Bonchev–Trinajstić information content (AvgIpc) is 2.48. The molecule has 1 unspecified atom stereocenters. The summed E-state index contributed by atoms with van der Waals surface area (Å²) < 4.78 is 27.2. The predicted octanol–water partition coefficient (Wildman–Crippen LogP) is 1.87. The number of nitrogens with zero attached hydrogens (tertiary/aromatic N) is 2. The highest BCUT2D eigenvalue weighted by molar-refractivity contribution is 7.89. The Morgan fingerprint density at radius 2 is 2.24 bits per heavy atom. The van der Waals surface area contributed by atoms with Gasteiger partial charge in [-0.25, -0.2) is 8.42 Å². The van der Waals surface area contributed by atoms with Crippen LogP contribution in [0.15, 0.2) is 29.4 Å². The third-order valence-corrected chi connectivity index (χ3v) is 5.68. The number of hydrogen-bond donors (Lipinski definition) is 1. The van der Waals surface area contributed by atoms with Crippen LogP contribution in [-0.2, 0) is 10.0 Å². The van der Waals surface area contributed by atoms with E-state index in [0.717, 1.165) is 32.4 Å². The first-order valence-electron chi connectivity index (χ1n) is 7.64. The standard InChI is InChI=1S/C15H25N3O2S/c1-13(2)10-17-11-14-6-3-4-9-18(14)21(19,20)15-7-5-8-16-12-15/h5,7-8,12-14,17H,3-4,6,9-11H2,1-2H3. The van der Waals surface area contributed by atoms with E-state index in [0.29, 0.717) is 17.4 Å². The third kappa shape index (κ3) is 4.25. The minimum absolute atomic E-state index is 0.0442. The maximum Gasteiger partial charge on any atom is 0.244 e. The maximum atomic E-state index is 12.8. The van der Waals surface area contributed by atoms with Crippen LogP contribution in [0.5, 0.6) is 0 Å². The summed E-state index contributed by atoms with van der Waals surface area (Å²) >= 11 is 0. The molecule has 5 nitrogen and oxygen atoms in total. The van der Waals surface area contributed by atoms with Gasteiger partial charge in [-0.05, 0) is 37.4 Å². The molecule has 1 saturated heterocycles. The fraction of sp³-hybridized carbons (Fsp3) is 0.667. The maximum absolute atomic E-state index is 12.8. The summed E-state index contributed by atoms with van der Waals surface area (Å²) in [6.07, 6.45) is 5.97. The molecule has 0 spiro atoms. The summed E-state index contributed by atoms with van der Waals surface area (Å²) in [4.78, 5) is 4.23. The molecule has 1 atom stereocenters. The van der Waals surface area contributed by atoms with Gasteiger partial charge in [0, 0.05) is 31.5 Å². The van der Waals surface area contributed by atoms with Gasteiger partial charge in [-0.3, -0.25) is 4.98 Å². The Bertz CT molecular complexity index is 531. The van der Waals surface area contributed by atoms with E-state index in [1.165, 1.54) is 6.20 Å². The smallest absolute Gasteiger partial charge is 0.244 e. The first kappa shape index (κ1) is 16.4. The topological polar surface area (TPSA) is 62.3 Å². The van der Waals surface area contributed by atoms with E-state index in [9.17, 15) is 8.42 Å². The lowest BCUT2D eigenvalue weighted by atomic mass is 10.0. The van der Waals surface area contributed by atoms with Gasteiger partial charge in [0.15, 0.2) is 0 Å². The lowest BCUT2D eigenvalue weighted by Crippen LogP contribution is -2.48. The van der Waals surface area contributed by atoms with E-state index < -0.39 is 10.0 Å². The van der Waals surface area contributed by atoms with E-state index in [1.807, 2.05) is 0 Å². The zero-order chi connectivity index (χ0) is 15.3. The van der Waals surface area contributed by atoms with Crippen molar-refractivity contribution in [1.82, 2.24) is 14.6 Å². The summed E-state index contributed by atoms with van der Waals surface area (Å²) in [5.74, 6) is 0.567. The van der Waals surface area contributed by atoms with Gasteiger partial charge in [0.2, 0.25) is 10.0 Å². The van der Waals surface area contributed by atoms with Crippen molar-refractivity contribution in [1.29, 1.82) is 0 Å². The van der Waals surface area contributed by atoms with Crippen molar-refractivity contribution < 1.29 is 8.42 Å². The van der Waals surface area contributed by atoms with Gasteiger partial charge in [0.05, 0.1) is 0 Å². The molecule has 0 aromatic carbocycles. The Morgan fingerprint density at radius 1 is 1.43 bits per heavy atom. The van der Waals surface area contributed by atoms with Crippen molar-refractivity contribution in [2.75, 3.05) is 19.6 Å². The second-order valence-electron chi connectivity index (χ2n) is 6.01. The van der Waals surface area contributed by atoms with Gasteiger partial charge in [0.25, 0.3) is 0 Å². The van der Waals surface area contributed by atoms with Crippen molar-refractivity contribution in [2.24, 2.45) is 5.92 Å². The summed E-state index contributed by atoms with van der Waals surface area (Å²) in [7, 11) is -3.43. The molecule has 0 amide bonds. The Hall–Kier alpha value is -0.980. The first-order valence-corrected chi connectivity index (χ1v) is 9.08. The number of rotatable bonds is 6. The predicted molar refractivity (Wildman–Crippen MR) is 83.5 cm³/mol. The van der Waals surface area contributed by atoms with Crippen LogP contribution in [-0.4, -0.2) is 43.4 Å². The Kier molecular flexibility index (Phi) is 5.72. The second-order valence-corrected chi connectivity index (χ2v) is 7.90. The van der Waals surface area contributed by atoms with Crippen LogP contribution in [0.25, 0.3) is 0 Å². The lowest BCUT2D eigenvalue weighted by Gasteiger charge is -2.35. The quantitative estimate of drug-likeness (QED) is 0.871. The van der Waals surface area contributed by atoms with Crippen LogP contribution in [0.4, 0.5) is 0 Å². The molecule has 1 aromatic heterocycles. The van der Waals surface area contributed by atoms with Crippen LogP contribution < -0.4 is 5.32 Å². The van der Waals surface area contributed by atoms with Gasteiger partial charge in [-0.1, -0.05) is 20.3 Å². The summed E-state index contributed by atoms with van der Waals surface area (Å²) in [5, 5.41) is 3.39. The summed E-state index contributed by atoms with van der Waals surface area (Å²) in [6, 6.07) is 3.33. The summed E-state index contributed by atoms with van der Waals surface area (Å²) in [5.41, 5.74) is 0. The van der Waals surface area contributed by atoms with E-state index in [4.69, 9.17) is 0 Å². The lowest BCUT2D eigenvalue weighted by molar-refractivity contribution is 0.244. The molecule has 0 bridgehead atoms. The molecular weight excluding hydrogens is 286 g/mol. The highest BCUT2D eigenvalue weighted by Gasteiger charge is 2.33. The highest BCUT2D eigenvalue weighted by atomic mass is 32.2. The van der Waals surface area contributed by atoms with E-state index >= 15 is 0 Å². The average molecular weight is 311 g/mol. The molecule has 1 N–H and O–H groups in total. The number of piperidine rings is 1. The van der Waals surface area contributed by atoms with Crippen LogP contribution in [0.3, 0.4) is 0 Å². The van der Waals surface area contributed by atoms with Crippen molar-refractivity contribution in [2.45, 2.75) is 44.0 Å². The van der Waals surface area contributed by atoms with Crippen LogP contribution >= 0.6 is 0 Å². The number of sulfonamides is 1. The van der Waals surface area contributed by atoms with Gasteiger partial charge in [0.1, 0.15) is 4.90 Å². The zero-order valence-corrected chi connectivity index (χ0v) is 13.6. The largest absolute Gasteiger partial charge is 0.315 e. The Labute approximate surface area is 127 Å². The minimum Gasteiger partial charge on any atom is -0.315 e. The monoisotopic (exact) mass is 311 g/mol. The van der Waals surface area contributed by atoms with Crippen LogP contribution in [0.1, 0.15) is 33.1 Å². The van der Waals surface area contributed by atoms with Gasteiger partial charge < -0.3 is 5.32 Å². The SMILES string of the molecule is CC(C)CNCC1CCCCN1S(=O)(=O)c1cccnc1. The van der Waals surface area contributed by atoms with Crippen LogP contribution in [0, 0.1) is 5.92 Å². The van der Waals surface area contributed by atoms with Gasteiger partial charge >= 0.3 is 0 Å². The molecule has 2 heterocycles. The molecule has 1 fully saturated rings. The van der Waals surface area contributed by atoms with Gasteiger partial charge in [-0.15, -0.1) is 0 Å². The third-order valence-electron chi connectivity index (χ3n) is 3.75. The molecule has 0 aliphatic carbocycles. The Balaban J connectivity index is 2.11. The zero-order valence-electron chi connectivity index (χ0n) is 12.8. The molecule has 1 aliphatic heterocycles. The van der Waals surface area contributed by atoms with E-state index in [1.54, 1.807) is 22.6 Å². The molecular formula is C15H25N3O2S.